The second kappa shape index (κ2) is 10.2. The molecule has 0 bridgehead atoms. The van der Waals surface area contributed by atoms with Gasteiger partial charge in [-0.3, -0.25) is 0 Å². The normalized spacial score (nSPS) is 15.6. The van der Waals surface area contributed by atoms with Gasteiger partial charge in [0.05, 0.1) is 19.8 Å². The number of carbonyl (C=O) groups is 2. The van der Waals surface area contributed by atoms with Gasteiger partial charge in [-0.25, -0.2) is 9.59 Å². The third-order valence-electron chi connectivity index (χ3n) is 3.12. The Hall–Kier alpha value is -1.54. The lowest BCUT2D eigenvalue weighted by Crippen LogP contribution is -2.49. The summed E-state index contributed by atoms with van der Waals surface area (Å²) in [5.74, 6) is 0. The molecule has 0 aromatic heterocycles. The van der Waals surface area contributed by atoms with E-state index in [-0.39, 0.29) is 24.9 Å². The number of ether oxygens (including phenoxy) is 3. The van der Waals surface area contributed by atoms with E-state index in [0.29, 0.717) is 32.9 Å². The molecule has 0 aromatic rings. The van der Waals surface area contributed by atoms with Gasteiger partial charge in [0.15, 0.2) is 0 Å². The Balaban J connectivity index is 2.11. The number of likely N-dealkylation sites (tertiary alicyclic amines) is 1. The van der Waals surface area contributed by atoms with Crippen LogP contribution in [0, 0.1) is 0 Å². The molecule has 0 spiro atoms. The predicted octanol–water partition coefficient (Wildman–Crippen LogP) is 0.527. The first-order chi connectivity index (χ1) is 10.2. The molecule has 8 nitrogen and oxygen atoms in total. The van der Waals surface area contributed by atoms with Crippen molar-refractivity contribution in [1.82, 2.24) is 15.5 Å². The van der Waals surface area contributed by atoms with Gasteiger partial charge in [0.25, 0.3) is 0 Å². The van der Waals surface area contributed by atoms with Gasteiger partial charge in [0.1, 0.15) is 6.73 Å². The van der Waals surface area contributed by atoms with Crippen molar-refractivity contribution in [3.63, 3.8) is 0 Å². The van der Waals surface area contributed by atoms with Crippen LogP contribution in [0.1, 0.15) is 19.8 Å². The molecule has 1 rings (SSSR count). The maximum atomic E-state index is 11.6. The molecule has 21 heavy (non-hydrogen) atoms. The maximum absolute atomic E-state index is 11.6. The zero-order valence-electron chi connectivity index (χ0n) is 12.7. The van der Waals surface area contributed by atoms with Gasteiger partial charge in [-0.15, -0.1) is 0 Å². The monoisotopic (exact) mass is 303 g/mol. The molecule has 1 aliphatic rings. The average Bonchev–Trinajstić information content (AvgIpc) is 2.48. The number of hydrogen-bond donors (Lipinski definition) is 2. The first kappa shape index (κ1) is 17.5. The second-order valence-electron chi connectivity index (χ2n) is 4.66. The van der Waals surface area contributed by atoms with E-state index >= 15 is 0 Å². The van der Waals surface area contributed by atoms with E-state index in [4.69, 9.17) is 14.2 Å². The average molecular weight is 303 g/mol. The quantitative estimate of drug-likeness (QED) is 0.529. The van der Waals surface area contributed by atoms with Crippen molar-refractivity contribution in [3.05, 3.63) is 0 Å². The van der Waals surface area contributed by atoms with Crippen LogP contribution >= 0.6 is 0 Å². The summed E-state index contributed by atoms with van der Waals surface area (Å²) in [6.45, 7) is 4.43. The first-order valence-electron chi connectivity index (χ1n) is 7.20. The van der Waals surface area contributed by atoms with Gasteiger partial charge in [-0.2, -0.15) is 0 Å². The number of nitrogens with zero attached hydrogens (tertiary/aromatic N) is 1. The molecule has 8 heteroatoms. The van der Waals surface area contributed by atoms with Crippen LogP contribution in [-0.2, 0) is 14.2 Å². The van der Waals surface area contributed by atoms with Crippen molar-refractivity contribution in [1.29, 1.82) is 0 Å². The minimum atomic E-state index is -0.285. The Morgan fingerprint density at radius 3 is 2.57 bits per heavy atom. The molecule has 0 aliphatic carbocycles. The van der Waals surface area contributed by atoms with E-state index in [1.54, 1.807) is 18.9 Å². The molecule has 0 atom stereocenters. The van der Waals surface area contributed by atoms with Gasteiger partial charge in [-0.05, 0) is 19.8 Å². The van der Waals surface area contributed by atoms with Crippen LogP contribution in [0.15, 0.2) is 0 Å². The molecular weight excluding hydrogens is 278 g/mol. The molecule has 0 unspecified atom stereocenters. The van der Waals surface area contributed by atoms with Crippen LogP contribution in [0.5, 0.6) is 0 Å². The summed E-state index contributed by atoms with van der Waals surface area (Å²) in [6.07, 6.45) is 1.15. The van der Waals surface area contributed by atoms with Gasteiger partial charge in [-0.1, -0.05) is 0 Å². The number of rotatable bonds is 7. The molecule has 122 valence electrons. The third kappa shape index (κ3) is 7.14. The van der Waals surface area contributed by atoms with Crippen molar-refractivity contribution >= 4 is 12.1 Å². The van der Waals surface area contributed by atoms with Gasteiger partial charge < -0.3 is 29.7 Å². The molecule has 1 aliphatic heterocycles. The van der Waals surface area contributed by atoms with Crippen LogP contribution < -0.4 is 10.6 Å². The third-order valence-corrected chi connectivity index (χ3v) is 3.12. The summed E-state index contributed by atoms with van der Waals surface area (Å²) in [5.41, 5.74) is 0. The van der Waals surface area contributed by atoms with E-state index in [1.165, 1.54) is 0 Å². The molecule has 0 saturated carbocycles. The summed E-state index contributed by atoms with van der Waals surface area (Å²) in [4.78, 5) is 24.8. The summed E-state index contributed by atoms with van der Waals surface area (Å²) in [5, 5.41) is 5.47. The number of amides is 3. The smallest absolute Gasteiger partial charge is 0.409 e. The fraction of sp³-hybridized carbons (Fsp3) is 0.846. The highest BCUT2D eigenvalue weighted by molar-refractivity contribution is 5.74. The summed E-state index contributed by atoms with van der Waals surface area (Å²) in [7, 11) is 1.59. The lowest BCUT2D eigenvalue weighted by molar-refractivity contribution is 0.0637. The minimum Gasteiger partial charge on any atom is -0.450 e. The van der Waals surface area contributed by atoms with Crippen LogP contribution in [0.3, 0.4) is 0 Å². The highest BCUT2D eigenvalue weighted by Crippen LogP contribution is 2.11. The van der Waals surface area contributed by atoms with Crippen LogP contribution in [0.2, 0.25) is 0 Å². The first-order valence-corrected chi connectivity index (χ1v) is 7.20. The van der Waals surface area contributed by atoms with Crippen molar-refractivity contribution < 1.29 is 23.8 Å². The summed E-state index contributed by atoms with van der Waals surface area (Å²) in [6, 6.07) is -0.198. The molecule has 0 aromatic carbocycles. The lowest BCUT2D eigenvalue weighted by atomic mass is 10.1. The van der Waals surface area contributed by atoms with Crippen molar-refractivity contribution in [3.8, 4) is 0 Å². The van der Waals surface area contributed by atoms with E-state index in [0.717, 1.165) is 12.8 Å². The summed E-state index contributed by atoms with van der Waals surface area (Å²) >= 11 is 0. The second-order valence-corrected chi connectivity index (χ2v) is 4.66. The Kier molecular flexibility index (Phi) is 8.53. The fourth-order valence-corrected chi connectivity index (χ4v) is 1.99. The molecule has 1 heterocycles. The fourth-order valence-electron chi connectivity index (χ4n) is 1.99. The maximum Gasteiger partial charge on any atom is 0.409 e. The molecule has 3 amide bonds. The van der Waals surface area contributed by atoms with Gasteiger partial charge in [0.2, 0.25) is 0 Å². The van der Waals surface area contributed by atoms with E-state index < -0.39 is 0 Å². The predicted molar refractivity (Wildman–Crippen MR) is 76.0 cm³/mol. The van der Waals surface area contributed by atoms with Crippen molar-refractivity contribution in [2.45, 2.75) is 25.8 Å². The Bertz CT molecular complexity index is 319. The molecule has 0 radical (unpaired) electrons. The topological polar surface area (TPSA) is 89.1 Å². The lowest BCUT2D eigenvalue weighted by Gasteiger charge is -2.31. The molecule has 1 saturated heterocycles. The molecular formula is C13H25N3O5. The number of piperidine rings is 1. The molecule has 1 fully saturated rings. The Labute approximate surface area is 125 Å². The highest BCUT2D eigenvalue weighted by atomic mass is 16.6. The largest absolute Gasteiger partial charge is 0.450 e. The molecule has 2 N–H and O–H groups in total. The van der Waals surface area contributed by atoms with Gasteiger partial charge in [0, 0.05) is 26.2 Å². The van der Waals surface area contributed by atoms with Crippen molar-refractivity contribution in [2.75, 3.05) is 46.8 Å². The zero-order chi connectivity index (χ0) is 15.5. The van der Waals surface area contributed by atoms with Crippen molar-refractivity contribution in [2.24, 2.45) is 0 Å². The minimum absolute atomic E-state index is 0.0645. The standard InChI is InChI=1S/C13H25N3O5/c1-3-21-13(18)16-6-4-11(5-7-16)15-12(17)14-10-20-9-8-19-2/h11H,3-10H2,1-2H3,(H2,14,15,17). The van der Waals surface area contributed by atoms with Crippen LogP contribution in [0.25, 0.3) is 0 Å². The van der Waals surface area contributed by atoms with Crippen LogP contribution in [0.4, 0.5) is 9.59 Å². The van der Waals surface area contributed by atoms with Gasteiger partial charge >= 0.3 is 12.1 Å². The van der Waals surface area contributed by atoms with E-state index in [9.17, 15) is 9.59 Å². The van der Waals surface area contributed by atoms with Crippen LogP contribution in [-0.4, -0.2) is 69.8 Å². The number of nitrogens with one attached hydrogen (secondary N) is 2. The number of urea groups is 1. The number of carbonyl (C=O) groups excluding carboxylic acids is 2. The zero-order valence-corrected chi connectivity index (χ0v) is 12.7. The SMILES string of the molecule is CCOC(=O)N1CCC(NC(=O)NCOCCOC)CC1. The number of methoxy groups -OCH3 is 1. The highest BCUT2D eigenvalue weighted by Gasteiger charge is 2.24. The Morgan fingerprint density at radius 1 is 1.24 bits per heavy atom. The van der Waals surface area contributed by atoms with E-state index in [2.05, 4.69) is 10.6 Å². The summed E-state index contributed by atoms with van der Waals surface area (Å²) < 4.78 is 14.9. The number of hydrogen-bond acceptors (Lipinski definition) is 5. The van der Waals surface area contributed by atoms with E-state index in [1.807, 2.05) is 0 Å². The Morgan fingerprint density at radius 2 is 1.95 bits per heavy atom.